The van der Waals surface area contributed by atoms with E-state index in [1.54, 1.807) is 31.3 Å². The third kappa shape index (κ3) is 4.50. The zero-order valence-electron chi connectivity index (χ0n) is 12.1. The van der Waals surface area contributed by atoms with Crippen molar-refractivity contribution in [1.29, 1.82) is 0 Å². The molecule has 22 heavy (non-hydrogen) atoms. The second-order valence-corrected chi connectivity index (χ2v) is 5.66. The second-order valence-electron chi connectivity index (χ2n) is 4.58. The summed E-state index contributed by atoms with van der Waals surface area (Å²) in [6.07, 6.45) is 0. The Morgan fingerprint density at radius 3 is 2.23 bits per heavy atom. The van der Waals surface area contributed by atoms with E-state index in [0.29, 0.717) is 10.6 Å². The van der Waals surface area contributed by atoms with E-state index in [9.17, 15) is 14.4 Å². The summed E-state index contributed by atoms with van der Waals surface area (Å²) in [5.74, 6) is -0.587. The molecule has 1 aliphatic rings. The van der Waals surface area contributed by atoms with Gasteiger partial charge in [0.25, 0.3) is 5.01 Å². The second kappa shape index (κ2) is 7.32. The minimum absolute atomic E-state index is 0.0773. The number of carbonyl (C=O) groups is 3. The van der Waals surface area contributed by atoms with Crippen molar-refractivity contribution < 1.29 is 28.4 Å². The summed E-state index contributed by atoms with van der Waals surface area (Å²) in [6, 6.07) is 6.75. The van der Waals surface area contributed by atoms with Crippen molar-refractivity contribution >= 4 is 35.8 Å². The molecule has 116 valence electrons. The number of benzene rings is 1. The molecule has 0 aromatic heterocycles. The summed E-state index contributed by atoms with van der Waals surface area (Å²) in [4.78, 5) is 37.3. The maximum atomic E-state index is 12.1. The Hall–Kier alpha value is -2.00. The van der Waals surface area contributed by atoms with Crippen molar-refractivity contribution in [2.45, 2.75) is 4.90 Å². The Labute approximate surface area is 132 Å². The minimum Gasteiger partial charge on any atom is -0.497 e. The highest BCUT2D eigenvalue weighted by atomic mass is 32.2. The number of methoxy groups -OCH3 is 1. The number of ether oxygens (including phenoxy) is 1. The summed E-state index contributed by atoms with van der Waals surface area (Å²) in [7, 11) is 1.59. The number of thioether (sulfide) groups is 1. The van der Waals surface area contributed by atoms with Crippen molar-refractivity contribution in [2.75, 3.05) is 27.2 Å². The lowest BCUT2D eigenvalue weighted by molar-refractivity contribution is -0.145. The maximum Gasteiger partial charge on any atom is 0.687 e. The van der Waals surface area contributed by atoms with Crippen molar-refractivity contribution in [3.05, 3.63) is 24.3 Å². The molecule has 0 spiro atoms. The van der Waals surface area contributed by atoms with Crippen molar-refractivity contribution in [1.82, 2.24) is 4.90 Å². The van der Waals surface area contributed by atoms with Crippen LogP contribution in [0.1, 0.15) is 0 Å². The van der Waals surface area contributed by atoms with Crippen molar-refractivity contribution in [2.24, 2.45) is 0 Å². The molecule has 0 aliphatic carbocycles. The normalized spacial score (nSPS) is 16.4. The number of rotatable bonds is 3. The fourth-order valence-corrected chi connectivity index (χ4v) is 2.44. The van der Waals surface area contributed by atoms with Crippen LogP contribution in [0.5, 0.6) is 5.75 Å². The Morgan fingerprint density at radius 1 is 1.18 bits per heavy atom. The molecule has 1 aromatic carbocycles. The van der Waals surface area contributed by atoms with Gasteiger partial charge in [-0.15, -0.1) is 0 Å². The van der Waals surface area contributed by atoms with Gasteiger partial charge in [-0.1, -0.05) is 11.8 Å². The van der Waals surface area contributed by atoms with Crippen LogP contribution in [-0.2, 0) is 18.9 Å². The van der Waals surface area contributed by atoms with Gasteiger partial charge in [-0.3, -0.25) is 19.3 Å². The highest BCUT2D eigenvalue weighted by Gasteiger charge is 2.39. The zero-order chi connectivity index (χ0) is 16.1. The number of hydrogen-bond acceptors (Lipinski definition) is 8. The highest BCUT2D eigenvalue weighted by molar-refractivity contribution is 8.17. The van der Waals surface area contributed by atoms with E-state index < -0.39 is 24.1 Å². The van der Waals surface area contributed by atoms with Gasteiger partial charge in [0, 0.05) is 4.90 Å². The number of nitrogens with zero attached hydrogens (tertiary/aromatic N) is 1. The van der Waals surface area contributed by atoms with Crippen LogP contribution in [0.3, 0.4) is 0 Å². The Kier molecular flexibility index (Phi) is 5.45. The van der Waals surface area contributed by atoms with Crippen LogP contribution >= 0.6 is 11.8 Å². The van der Waals surface area contributed by atoms with E-state index >= 15 is 0 Å². The molecule has 1 aliphatic heterocycles. The van der Waals surface area contributed by atoms with Gasteiger partial charge >= 0.3 is 19.1 Å². The van der Waals surface area contributed by atoms with E-state index in [1.165, 1.54) is 12.0 Å². The molecule has 0 amide bonds. The fraction of sp³-hybridized carbons (Fsp3) is 0.308. The molecule has 0 saturated carbocycles. The predicted molar refractivity (Wildman–Crippen MR) is 79.7 cm³/mol. The molecule has 0 radical (unpaired) electrons. The predicted octanol–water partition coefficient (Wildman–Crippen LogP) is 1.01. The van der Waals surface area contributed by atoms with E-state index in [4.69, 9.17) is 14.0 Å². The molecule has 0 atom stereocenters. The standard InChI is InChI=1S/C13H14BNO6S/c1-15-7-11(16)20-14(21-12(17)8-15)13(18)22-10-5-3-9(19-2)4-6-10/h3-6H,7-8H2,1-2H3. The molecule has 1 saturated heterocycles. The topological polar surface area (TPSA) is 82.1 Å². The van der Waals surface area contributed by atoms with Crippen LogP contribution in [0.4, 0.5) is 4.79 Å². The molecule has 2 rings (SSSR count). The van der Waals surface area contributed by atoms with Gasteiger partial charge in [0.2, 0.25) is 0 Å². The number of likely N-dealkylation sites (N-methyl/N-ethyl adjacent to an activating group) is 1. The molecule has 0 bridgehead atoms. The molecule has 9 heteroatoms. The van der Waals surface area contributed by atoms with E-state index in [-0.39, 0.29) is 13.1 Å². The summed E-state index contributed by atoms with van der Waals surface area (Å²) < 4.78 is 14.8. The van der Waals surface area contributed by atoms with Gasteiger partial charge in [0.05, 0.1) is 20.2 Å². The zero-order valence-corrected chi connectivity index (χ0v) is 12.9. The first kappa shape index (κ1) is 16.4. The molecule has 1 aromatic rings. The SMILES string of the molecule is COc1ccc(SC(=O)B2OC(=O)CN(C)CC(=O)O2)cc1. The molecule has 7 nitrogen and oxygen atoms in total. The van der Waals surface area contributed by atoms with E-state index in [1.807, 2.05) is 0 Å². The van der Waals surface area contributed by atoms with Gasteiger partial charge in [-0.05, 0) is 31.3 Å². The first-order valence-electron chi connectivity index (χ1n) is 6.41. The number of carbonyl (C=O) groups excluding carboxylic acids is 3. The van der Waals surface area contributed by atoms with E-state index in [0.717, 1.165) is 11.8 Å². The fourth-order valence-electron chi connectivity index (χ4n) is 1.74. The van der Waals surface area contributed by atoms with Crippen molar-refractivity contribution in [3.8, 4) is 5.75 Å². The van der Waals surface area contributed by atoms with Crippen LogP contribution < -0.4 is 4.74 Å². The third-order valence-electron chi connectivity index (χ3n) is 2.75. The summed E-state index contributed by atoms with van der Waals surface area (Å²) in [5.41, 5.74) is 0. The first-order chi connectivity index (χ1) is 10.5. The van der Waals surface area contributed by atoms with Gasteiger partial charge < -0.3 is 14.0 Å². The molecule has 0 N–H and O–H groups in total. The molecule has 1 fully saturated rings. The molecular formula is C13H14BNO6S. The lowest BCUT2D eigenvalue weighted by atomic mass is 9.93. The Morgan fingerprint density at radius 2 is 1.73 bits per heavy atom. The van der Waals surface area contributed by atoms with Crippen LogP contribution in [0.15, 0.2) is 29.2 Å². The maximum absolute atomic E-state index is 12.1. The summed E-state index contributed by atoms with van der Waals surface area (Å²) >= 11 is 0.828. The van der Waals surface area contributed by atoms with Crippen LogP contribution in [-0.4, -0.2) is 56.2 Å². The quantitative estimate of drug-likeness (QED) is 0.602. The van der Waals surface area contributed by atoms with Crippen LogP contribution in [0.2, 0.25) is 0 Å². The Bertz CT molecular complexity index is 558. The van der Waals surface area contributed by atoms with E-state index in [2.05, 4.69) is 0 Å². The summed E-state index contributed by atoms with van der Waals surface area (Å²) in [6.45, 7) is -0.155. The molecule has 1 heterocycles. The highest BCUT2D eigenvalue weighted by Crippen LogP contribution is 2.24. The molecule has 0 unspecified atom stereocenters. The Balaban J connectivity index is 2.02. The van der Waals surface area contributed by atoms with Gasteiger partial charge in [0.1, 0.15) is 5.75 Å². The van der Waals surface area contributed by atoms with Gasteiger partial charge in [-0.2, -0.15) is 0 Å². The van der Waals surface area contributed by atoms with Gasteiger partial charge in [0.15, 0.2) is 0 Å². The largest absolute Gasteiger partial charge is 0.687 e. The lowest BCUT2D eigenvalue weighted by Crippen LogP contribution is -2.45. The summed E-state index contributed by atoms with van der Waals surface area (Å²) in [5, 5.41) is -0.573. The monoisotopic (exact) mass is 323 g/mol. The van der Waals surface area contributed by atoms with Crippen molar-refractivity contribution in [3.63, 3.8) is 0 Å². The average Bonchev–Trinajstić information content (AvgIpc) is 2.45. The first-order valence-corrected chi connectivity index (χ1v) is 7.23. The smallest absolute Gasteiger partial charge is 0.497 e. The third-order valence-corrected chi connectivity index (χ3v) is 3.65. The van der Waals surface area contributed by atoms with Crippen LogP contribution in [0.25, 0.3) is 0 Å². The van der Waals surface area contributed by atoms with Gasteiger partial charge in [-0.25, -0.2) is 0 Å². The minimum atomic E-state index is -1.53. The number of hydrogen-bond donors (Lipinski definition) is 0. The lowest BCUT2D eigenvalue weighted by Gasteiger charge is -2.21. The average molecular weight is 323 g/mol. The molecular weight excluding hydrogens is 309 g/mol. The van der Waals surface area contributed by atoms with Crippen LogP contribution in [0, 0.1) is 0 Å².